The Balaban J connectivity index is 2.21. The molecule has 0 saturated heterocycles. The van der Waals surface area contributed by atoms with Gasteiger partial charge in [0.1, 0.15) is 5.92 Å². The lowest BCUT2D eigenvalue weighted by molar-refractivity contribution is -0.140. The molecule has 0 spiro atoms. The topological polar surface area (TPSA) is 38.7 Å². The molecule has 1 aliphatic carbocycles. The molecule has 25 heavy (non-hydrogen) atoms. The normalized spacial score (nSPS) is 20.8. The van der Waals surface area contributed by atoms with Crippen LogP contribution in [0.3, 0.4) is 0 Å². The first-order chi connectivity index (χ1) is 11.7. The van der Waals surface area contributed by atoms with Gasteiger partial charge in [0.2, 0.25) is 5.92 Å². The summed E-state index contributed by atoms with van der Waals surface area (Å²) < 4.78 is 32.5. The summed E-state index contributed by atoms with van der Waals surface area (Å²) in [4.78, 5) is 17.0. The van der Waals surface area contributed by atoms with Crippen molar-refractivity contribution in [3.05, 3.63) is 34.3 Å². The van der Waals surface area contributed by atoms with E-state index in [9.17, 15) is 13.6 Å². The first-order valence-electron chi connectivity index (χ1n) is 8.49. The molecule has 138 valence electrons. The number of nitrogens with zero attached hydrogens (tertiary/aromatic N) is 1. The van der Waals surface area contributed by atoms with Crippen molar-refractivity contribution in [1.29, 1.82) is 0 Å². The van der Waals surface area contributed by atoms with Crippen molar-refractivity contribution in [3.8, 4) is 0 Å². The summed E-state index contributed by atoms with van der Waals surface area (Å²) in [6.45, 7) is 3.74. The second-order valence-corrected chi connectivity index (χ2v) is 7.54. The van der Waals surface area contributed by atoms with Crippen LogP contribution in [0.1, 0.15) is 51.0 Å². The van der Waals surface area contributed by atoms with Crippen molar-refractivity contribution in [2.24, 2.45) is 10.9 Å². The van der Waals surface area contributed by atoms with Crippen LogP contribution >= 0.6 is 15.9 Å². The smallest absolute Gasteiger partial charge is 0.318 e. The van der Waals surface area contributed by atoms with Gasteiger partial charge in [-0.1, -0.05) is 34.1 Å². The van der Waals surface area contributed by atoms with Gasteiger partial charge in [-0.25, -0.2) is 8.78 Å². The maximum absolute atomic E-state index is 13.3. The number of ether oxygens (including phenoxy) is 1. The fraction of sp³-hybridized carbons (Fsp3) is 0.579. The molecule has 0 aromatic heterocycles. The van der Waals surface area contributed by atoms with Gasteiger partial charge in [-0.3, -0.25) is 9.79 Å². The SMILES string of the molecule is COC(=O)C(/C(C)=N/C(C)C1CCC(F)(F)CC1)c1ccccc1Br. The van der Waals surface area contributed by atoms with E-state index in [0.717, 1.165) is 10.0 Å². The van der Waals surface area contributed by atoms with E-state index < -0.39 is 11.8 Å². The number of esters is 1. The van der Waals surface area contributed by atoms with Crippen molar-refractivity contribution >= 4 is 27.6 Å². The predicted molar refractivity (Wildman–Crippen MR) is 98.4 cm³/mol. The molecular formula is C19H24BrF2NO2. The maximum atomic E-state index is 13.3. The zero-order chi connectivity index (χ0) is 18.6. The average Bonchev–Trinajstić information content (AvgIpc) is 2.56. The molecule has 2 rings (SSSR count). The Kier molecular flexibility index (Phi) is 6.72. The fourth-order valence-corrected chi connectivity index (χ4v) is 3.91. The minimum absolute atomic E-state index is 0.0821. The molecule has 3 nitrogen and oxygen atoms in total. The first-order valence-corrected chi connectivity index (χ1v) is 9.29. The molecule has 1 aliphatic rings. The largest absolute Gasteiger partial charge is 0.468 e. The van der Waals surface area contributed by atoms with E-state index in [0.29, 0.717) is 18.6 Å². The van der Waals surface area contributed by atoms with E-state index in [4.69, 9.17) is 4.74 Å². The van der Waals surface area contributed by atoms with Crippen LogP contribution in [0.25, 0.3) is 0 Å². The Morgan fingerprint density at radius 3 is 2.48 bits per heavy atom. The number of methoxy groups -OCH3 is 1. The molecule has 0 aliphatic heterocycles. The van der Waals surface area contributed by atoms with Gasteiger partial charge in [0.25, 0.3) is 0 Å². The standard InChI is InChI=1S/C19H24BrF2NO2/c1-12(14-8-10-19(21,22)11-9-14)23-13(2)17(18(24)25-3)15-6-4-5-7-16(15)20/h4-7,12,14,17H,8-11H2,1-3H3/b23-13+. The van der Waals surface area contributed by atoms with Crippen LogP contribution in [0.4, 0.5) is 8.78 Å². The third kappa shape index (κ3) is 5.09. The van der Waals surface area contributed by atoms with Crippen LogP contribution in [0.15, 0.2) is 33.7 Å². The van der Waals surface area contributed by atoms with Gasteiger partial charge in [0.05, 0.1) is 7.11 Å². The molecule has 0 amide bonds. The second kappa shape index (κ2) is 8.39. The van der Waals surface area contributed by atoms with Crippen LogP contribution in [0.2, 0.25) is 0 Å². The van der Waals surface area contributed by atoms with E-state index in [1.165, 1.54) is 7.11 Å². The van der Waals surface area contributed by atoms with Gasteiger partial charge in [-0.2, -0.15) is 0 Å². The number of aliphatic imine (C=N–C) groups is 1. The molecule has 2 unspecified atom stereocenters. The first kappa shape index (κ1) is 20.0. The number of halogens is 3. The van der Waals surface area contributed by atoms with E-state index in [1.54, 1.807) is 6.92 Å². The van der Waals surface area contributed by atoms with Gasteiger partial charge in [0, 0.05) is 29.1 Å². The number of carbonyl (C=O) groups excluding carboxylic acids is 1. The summed E-state index contributed by atoms with van der Waals surface area (Å²) in [6, 6.07) is 7.35. The Morgan fingerprint density at radius 2 is 1.92 bits per heavy atom. The van der Waals surface area contributed by atoms with Crippen LogP contribution < -0.4 is 0 Å². The van der Waals surface area contributed by atoms with E-state index in [-0.39, 0.29) is 30.8 Å². The van der Waals surface area contributed by atoms with Crippen LogP contribution in [0, 0.1) is 5.92 Å². The molecular weight excluding hydrogens is 392 g/mol. The molecule has 2 atom stereocenters. The number of alkyl halides is 2. The van der Waals surface area contributed by atoms with Crippen molar-refractivity contribution in [1.82, 2.24) is 0 Å². The van der Waals surface area contributed by atoms with Crippen molar-refractivity contribution in [3.63, 3.8) is 0 Å². The number of hydrogen-bond donors (Lipinski definition) is 0. The monoisotopic (exact) mass is 415 g/mol. The third-order valence-corrected chi connectivity index (χ3v) is 5.64. The van der Waals surface area contributed by atoms with Crippen LogP contribution in [-0.4, -0.2) is 30.8 Å². The van der Waals surface area contributed by atoms with Gasteiger partial charge in [-0.15, -0.1) is 0 Å². The second-order valence-electron chi connectivity index (χ2n) is 6.68. The van der Waals surface area contributed by atoms with Crippen LogP contribution in [-0.2, 0) is 9.53 Å². The molecule has 0 radical (unpaired) electrons. The third-order valence-electron chi connectivity index (χ3n) is 4.92. The molecule has 1 saturated carbocycles. The highest BCUT2D eigenvalue weighted by molar-refractivity contribution is 9.10. The molecule has 1 aromatic rings. The molecule has 6 heteroatoms. The van der Waals surface area contributed by atoms with Gasteiger partial charge >= 0.3 is 5.97 Å². The van der Waals surface area contributed by atoms with E-state index in [1.807, 2.05) is 31.2 Å². The quantitative estimate of drug-likeness (QED) is 0.478. The Hall–Kier alpha value is -1.30. The lowest BCUT2D eigenvalue weighted by Crippen LogP contribution is -2.30. The van der Waals surface area contributed by atoms with Crippen LogP contribution in [0.5, 0.6) is 0 Å². The van der Waals surface area contributed by atoms with Crippen molar-refractivity contribution < 1.29 is 18.3 Å². The average molecular weight is 416 g/mol. The Labute approximate surface area is 156 Å². The number of benzene rings is 1. The number of carbonyl (C=O) groups is 1. The Bertz CT molecular complexity index is 638. The zero-order valence-electron chi connectivity index (χ0n) is 14.8. The highest BCUT2D eigenvalue weighted by Crippen LogP contribution is 2.38. The summed E-state index contributed by atoms with van der Waals surface area (Å²) in [5, 5.41) is 0. The lowest BCUT2D eigenvalue weighted by atomic mass is 9.82. The number of rotatable bonds is 5. The zero-order valence-corrected chi connectivity index (χ0v) is 16.4. The lowest BCUT2D eigenvalue weighted by Gasteiger charge is -2.31. The summed E-state index contributed by atoms with van der Waals surface area (Å²) in [5.41, 5.74) is 1.43. The van der Waals surface area contributed by atoms with E-state index in [2.05, 4.69) is 20.9 Å². The Morgan fingerprint density at radius 1 is 1.32 bits per heavy atom. The number of hydrogen-bond acceptors (Lipinski definition) is 3. The summed E-state index contributed by atoms with van der Waals surface area (Å²) in [7, 11) is 1.35. The van der Waals surface area contributed by atoms with Gasteiger partial charge < -0.3 is 4.74 Å². The van der Waals surface area contributed by atoms with E-state index >= 15 is 0 Å². The minimum Gasteiger partial charge on any atom is -0.468 e. The summed E-state index contributed by atoms with van der Waals surface area (Å²) in [5.74, 6) is -3.41. The molecule has 0 heterocycles. The highest BCUT2D eigenvalue weighted by Gasteiger charge is 2.37. The molecule has 1 fully saturated rings. The molecule has 1 aromatic carbocycles. The van der Waals surface area contributed by atoms with Gasteiger partial charge in [-0.05, 0) is 44.2 Å². The maximum Gasteiger partial charge on any atom is 0.318 e. The van der Waals surface area contributed by atoms with Gasteiger partial charge in [0.15, 0.2) is 0 Å². The minimum atomic E-state index is -2.54. The van der Waals surface area contributed by atoms with Crippen molar-refractivity contribution in [2.75, 3.05) is 7.11 Å². The highest BCUT2D eigenvalue weighted by atomic mass is 79.9. The molecule has 0 N–H and O–H groups in total. The fourth-order valence-electron chi connectivity index (χ4n) is 3.40. The summed E-state index contributed by atoms with van der Waals surface area (Å²) in [6.07, 6.45) is 0.758. The molecule has 0 bridgehead atoms. The summed E-state index contributed by atoms with van der Waals surface area (Å²) >= 11 is 3.47. The van der Waals surface area contributed by atoms with Crippen molar-refractivity contribution in [2.45, 2.75) is 57.4 Å². The predicted octanol–water partition coefficient (Wildman–Crippen LogP) is 5.38.